The van der Waals surface area contributed by atoms with Gasteiger partial charge in [0.2, 0.25) is 0 Å². The van der Waals surface area contributed by atoms with E-state index in [1.54, 1.807) is 0 Å². The second-order valence-corrected chi connectivity index (χ2v) is 3.84. The van der Waals surface area contributed by atoms with Gasteiger partial charge in [0.15, 0.2) is 0 Å². The minimum Gasteiger partial charge on any atom is -0.379 e. The average molecular weight is 207 g/mol. The zero-order valence-corrected chi connectivity index (χ0v) is 9.00. The summed E-state index contributed by atoms with van der Waals surface area (Å²) in [5.74, 6) is 1.03. The van der Waals surface area contributed by atoms with Crippen LogP contribution >= 0.6 is 0 Å². The molecule has 1 saturated heterocycles. The van der Waals surface area contributed by atoms with Gasteiger partial charge in [-0.3, -0.25) is 4.90 Å². The van der Waals surface area contributed by atoms with Gasteiger partial charge in [0.05, 0.1) is 0 Å². The molecule has 82 valence electrons. The van der Waals surface area contributed by atoms with Crippen LogP contribution in [0.15, 0.2) is 24.4 Å². The largest absolute Gasteiger partial charge is 0.379 e. The molecule has 1 aliphatic heterocycles. The van der Waals surface area contributed by atoms with Gasteiger partial charge in [-0.2, -0.15) is 0 Å². The van der Waals surface area contributed by atoms with Crippen LogP contribution in [-0.4, -0.2) is 47.4 Å². The third-order valence-electron chi connectivity index (χ3n) is 2.82. The Hall–Kier alpha value is -1.13. The Kier molecular flexibility index (Phi) is 3.18. The van der Waals surface area contributed by atoms with Crippen LogP contribution in [0, 0.1) is 0 Å². The number of pyridine rings is 1. The van der Waals surface area contributed by atoms with Gasteiger partial charge in [0, 0.05) is 32.4 Å². The van der Waals surface area contributed by atoms with Crippen LogP contribution in [0.1, 0.15) is 6.92 Å². The predicted molar refractivity (Wildman–Crippen MR) is 59.7 cm³/mol. The van der Waals surface area contributed by atoms with E-state index >= 15 is 0 Å². The highest BCUT2D eigenvalue weighted by Gasteiger charge is 2.19. The number of hydrogen-bond donors (Lipinski definition) is 1. The van der Waals surface area contributed by atoms with Crippen LogP contribution in [0.2, 0.25) is 0 Å². The molecule has 1 unspecified atom stereocenters. The molecule has 2 heterocycles. The topological polar surface area (TPSA) is 39.6 Å². The van der Waals surface area contributed by atoms with Crippen molar-refractivity contribution in [2.45, 2.75) is 13.2 Å². The molecule has 1 aromatic heterocycles. The summed E-state index contributed by atoms with van der Waals surface area (Å²) in [4.78, 5) is 8.63. The lowest BCUT2D eigenvalue weighted by atomic mass is 10.3. The Balaban J connectivity index is 1.94. The number of aliphatic hydroxyl groups is 1. The number of nitrogens with zero attached hydrogens (tertiary/aromatic N) is 3. The van der Waals surface area contributed by atoms with Crippen molar-refractivity contribution in [3.63, 3.8) is 0 Å². The molecule has 0 amide bonds. The van der Waals surface area contributed by atoms with E-state index in [1.807, 2.05) is 31.3 Å². The van der Waals surface area contributed by atoms with Gasteiger partial charge >= 0.3 is 0 Å². The number of aliphatic hydroxyl groups excluding tert-OH is 1. The first-order chi connectivity index (χ1) is 7.27. The highest BCUT2D eigenvalue weighted by Crippen LogP contribution is 2.12. The summed E-state index contributed by atoms with van der Waals surface area (Å²) in [5, 5.41) is 9.43. The monoisotopic (exact) mass is 207 g/mol. The van der Waals surface area contributed by atoms with Gasteiger partial charge < -0.3 is 10.0 Å². The van der Waals surface area contributed by atoms with E-state index in [-0.39, 0.29) is 6.23 Å². The maximum absolute atomic E-state index is 9.43. The van der Waals surface area contributed by atoms with Crippen molar-refractivity contribution >= 4 is 5.82 Å². The fraction of sp³-hybridized carbons (Fsp3) is 0.545. The maximum atomic E-state index is 9.43. The maximum Gasteiger partial charge on any atom is 0.128 e. The van der Waals surface area contributed by atoms with Crippen LogP contribution in [0.3, 0.4) is 0 Å². The first kappa shape index (κ1) is 10.4. The van der Waals surface area contributed by atoms with E-state index in [9.17, 15) is 5.11 Å². The van der Waals surface area contributed by atoms with Crippen molar-refractivity contribution in [1.29, 1.82) is 0 Å². The Bertz CT molecular complexity index is 294. The van der Waals surface area contributed by atoms with E-state index < -0.39 is 0 Å². The number of rotatable bonds is 2. The molecule has 2 rings (SSSR count). The molecule has 4 nitrogen and oxygen atoms in total. The molecule has 4 heteroatoms. The zero-order chi connectivity index (χ0) is 10.7. The lowest BCUT2D eigenvalue weighted by Crippen LogP contribution is -2.49. The lowest BCUT2D eigenvalue weighted by Gasteiger charge is -2.36. The number of piperazine rings is 1. The highest BCUT2D eigenvalue weighted by molar-refractivity contribution is 5.38. The van der Waals surface area contributed by atoms with Gasteiger partial charge in [-0.05, 0) is 19.1 Å². The molecule has 0 aliphatic carbocycles. The molecule has 1 aromatic rings. The minimum absolute atomic E-state index is 0.337. The van der Waals surface area contributed by atoms with E-state index in [0.29, 0.717) is 0 Å². The molecular weight excluding hydrogens is 190 g/mol. The lowest BCUT2D eigenvalue weighted by molar-refractivity contribution is 0.0152. The second-order valence-electron chi connectivity index (χ2n) is 3.84. The van der Waals surface area contributed by atoms with Gasteiger partial charge in [-0.1, -0.05) is 6.07 Å². The van der Waals surface area contributed by atoms with Crippen molar-refractivity contribution in [2.24, 2.45) is 0 Å². The smallest absolute Gasteiger partial charge is 0.128 e. The summed E-state index contributed by atoms with van der Waals surface area (Å²) in [6.45, 7) is 5.47. The van der Waals surface area contributed by atoms with Crippen molar-refractivity contribution in [1.82, 2.24) is 9.88 Å². The van der Waals surface area contributed by atoms with Gasteiger partial charge in [0.1, 0.15) is 12.0 Å². The van der Waals surface area contributed by atoms with E-state index in [2.05, 4.69) is 14.8 Å². The SMILES string of the molecule is CC(O)N1CCN(c2ccccn2)CC1. The summed E-state index contributed by atoms with van der Waals surface area (Å²) in [6, 6.07) is 5.96. The van der Waals surface area contributed by atoms with Crippen LogP contribution < -0.4 is 4.90 Å². The van der Waals surface area contributed by atoms with Crippen LogP contribution in [0.4, 0.5) is 5.82 Å². The number of anilines is 1. The molecule has 0 bridgehead atoms. The third kappa shape index (κ3) is 2.46. The fourth-order valence-corrected chi connectivity index (χ4v) is 1.87. The summed E-state index contributed by atoms with van der Waals surface area (Å²) < 4.78 is 0. The van der Waals surface area contributed by atoms with Crippen LogP contribution in [0.25, 0.3) is 0 Å². The zero-order valence-electron chi connectivity index (χ0n) is 9.00. The minimum atomic E-state index is -0.337. The molecule has 1 atom stereocenters. The normalized spacial score (nSPS) is 20.3. The molecular formula is C11H17N3O. The average Bonchev–Trinajstić information content (AvgIpc) is 2.30. The number of hydrogen-bond acceptors (Lipinski definition) is 4. The van der Waals surface area contributed by atoms with Crippen molar-refractivity contribution in [3.05, 3.63) is 24.4 Å². The highest BCUT2D eigenvalue weighted by atomic mass is 16.3. The Morgan fingerprint density at radius 3 is 2.53 bits per heavy atom. The fourth-order valence-electron chi connectivity index (χ4n) is 1.87. The van der Waals surface area contributed by atoms with Gasteiger partial charge in [0.25, 0.3) is 0 Å². The summed E-state index contributed by atoms with van der Waals surface area (Å²) >= 11 is 0. The Morgan fingerprint density at radius 1 is 1.27 bits per heavy atom. The van der Waals surface area contributed by atoms with Crippen LogP contribution in [-0.2, 0) is 0 Å². The molecule has 0 spiro atoms. The molecule has 0 aromatic carbocycles. The molecule has 1 fully saturated rings. The third-order valence-corrected chi connectivity index (χ3v) is 2.82. The molecule has 0 saturated carbocycles. The van der Waals surface area contributed by atoms with Crippen molar-refractivity contribution in [2.75, 3.05) is 31.1 Å². The van der Waals surface area contributed by atoms with Gasteiger partial charge in [-0.25, -0.2) is 4.98 Å². The van der Waals surface area contributed by atoms with Crippen LogP contribution in [0.5, 0.6) is 0 Å². The standard InChI is InChI=1S/C11H17N3O/c1-10(15)13-6-8-14(9-7-13)11-4-2-3-5-12-11/h2-5,10,15H,6-9H2,1H3. The van der Waals surface area contributed by atoms with Gasteiger partial charge in [-0.15, -0.1) is 0 Å². The first-order valence-corrected chi connectivity index (χ1v) is 5.35. The molecule has 1 N–H and O–H groups in total. The Morgan fingerprint density at radius 2 is 2.00 bits per heavy atom. The van der Waals surface area contributed by atoms with E-state index in [1.165, 1.54) is 0 Å². The first-order valence-electron chi connectivity index (χ1n) is 5.35. The van der Waals surface area contributed by atoms with E-state index in [4.69, 9.17) is 0 Å². The van der Waals surface area contributed by atoms with E-state index in [0.717, 1.165) is 32.0 Å². The molecule has 0 radical (unpaired) electrons. The molecule has 15 heavy (non-hydrogen) atoms. The summed E-state index contributed by atoms with van der Waals surface area (Å²) in [7, 11) is 0. The Labute approximate surface area is 90.1 Å². The summed E-state index contributed by atoms with van der Waals surface area (Å²) in [5.41, 5.74) is 0. The number of aromatic nitrogens is 1. The summed E-state index contributed by atoms with van der Waals surface area (Å²) in [6.07, 6.45) is 1.48. The van der Waals surface area contributed by atoms with Crippen molar-refractivity contribution in [3.8, 4) is 0 Å². The quantitative estimate of drug-likeness (QED) is 0.768. The predicted octanol–water partition coefficient (Wildman–Crippen LogP) is 0.542. The molecule has 1 aliphatic rings. The second kappa shape index (κ2) is 4.59. The van der Waals surface area contributed by atoms with Crippen molar-refractivity contribution < 1.29 is 5.11 Å².